The van der Waals surface area contributed by atoms with Crippen molar-refractivity contribution in [3.63, 3.8) is 0 Å². The number of hydrogen-bond donors (Lipinski definition) is 1. The maximum Gasteiger partial charge on any atom is 0.308 e. The number of anilines is 1. The molecule has 1 aliphatic carbocycles. The number of rotatable bonds is 10. The fourth-order valence-electron chi connectivity index (χ4n) is 6.54. The van der Waals surface area contributed by atoms with Crippen LogP contribution in [0.5, 0.6) is 0 Å². The van der Waals surface area contributed by atoms with Crippen molar-refractivity contribution in [2.24, 2.45) is 18.4 Å². The van der Waals surface area contributed by atoms with Crippen LogP contribution in [0.25, 0.3) is 10.9 Å². The van der Waals surface area contributed by atoms with Gasteiger partial charge in [0.05, 0.1) is 40.8 Å². The van der Waals surface area contributed by atoms with Crippen molar-refractivity contribution in [3.8, 4) is 0 Å². The Morgan fingerprint density at radius 3 is 2.45 bits per heavy atom. The Labute approximate surface area is 262 Å². The summed E-state index contributed by atoms with van der Waals surface area (Å²) in [4.78, 5) is 41.2. The zero-order chi connectivity index (χ0) is 31.6. The van der Waals surface area contributed by atoms with Gasteiger partial charge >= 0.3 is 5.97 Å². The molecule has 1 saturated heterocycles. The number of carbonyl (C=O) groups is 3. The zero-order valence-electron chi connectivity index (χ0n) is 25.8. The van der Waals surface area contributed by atoms with Gasteiger partial charge in [-0.15, -0.1) is 0 Å². The van der Waals surface area contributed by atoms with E-state index in [1.165, 1.54) is 19.2 Å². The first-order valence-electron chi connectivity index (χ1n) is 15.3. The van der Waals surface area contributed by atoms with Crippen LogP contribution in [-0.2, 0) is 32.5 Å². The van der Waals surface area contributed by atoms with E-state index < -0.39 is 23.4 Å². The summed E-state index contributed by atoms with van der Waals surface area (Å²) in [7, 11) is 3.27. The number of ether oxygens (including phenoxy) is 2. The molecule has 5 rings (SSSR count). The van der Waals surface area contributed by atoms with Crippen molar-refractivity contribution < 1.29 is 28.2 Å². The fourth-order valence-corrected chi connectivity index (χ4v) is 6.78. The van der Waals surface area contributed by atoms with Gasteiger partial charge in [-0.3, -0.25) is 19.3 Å². The molecular formula is C34H41ClFN3O5. The normalized spacial score (nSPS) is 20.0. The second-order valence-corrected chi connectivity index (χ2v) is 13.0. The fraction of sp³-hybridized carbons (Fsp3) is 0.500. The number of hydrogen-bond acceptors (Lipinski definition) is 6. The van der Waals surface area contributed by atoms with Gasteiger partial charge in [-0.05, 0) is 76.1 Å². The lowest BCUT2D eigenvalue weighted by atomic mass is 9.81. The maximum atomic E-state index is 15.4. The van der Waals surface area contributed by atoms with Crippen LogP contribution in [0, 0.1) is 17.2 Å². The van der Waals surface area contributed by atoms with Crippen molar-refractivity contribution >= 4 is 45.9 Å². The van der Waals surface area contributed by atoms with Gasteiger partial charge in [-0.25, -0.2) is 4.39 Å². The highest BCUT2D eigenvalue weighted by molar-refractivity contribution is 6.34. The summed E-state index contributed by atoms with van der Waals surface area (Å²) in [5.74, 6) is -1.49. The molecule has 2 aromatic carbocycles. The second kappa shape index (κ2) is 13.4. The topological polar surface area (TPSA) is 89.9 Å². The Kier molecular flexibility index (Phi) is 9.77. The summed E-state index contributed by atoms with van der Waals surface area (Å²) in [5, 5.41) is 3.66. The molecule has 1 N–H and O–H groups in total. The molecule has 2 aliphatic rings. The molecule has 0 spiro atoms. The molecule has 0 bridgehead atoms. The summed E-state index contributed by atoms with van der Waals surface area (Å²) in [6.45, 7) is 5.36. The van der Waals surface area contributed by atoms with E-state index in [0.29, 0.717) is 31.2 Å². The molecule has 0 radical (unpaired) electrons. The Hall–Kier alpha value is -3.27. The molecule has 1 atom stereocenters. The highest BCUT2D eigenvalue weighted by Gasteiger charge is 2.43. The number of carbonyl (C=O) groups excluding carboxylic acids is 3. The number of nitrogens with zero attached hydrogens (tertiary/aromatic N) is 2. The smallest absolute Gasteiger partial charge is 0.308 e. The predicted molar refractivity (Wildman–Crippen MR) is 168 cm³/mol. The van der Waals surface area contributed by atoms with Crippen LogP contribution in [0.15, 0.2) is 42.6 Å². The first-order valence-corrected chi connectivity index (χ1v) is 15.7. The van der Waals surface area contributed by atoms with Gasteiger partial charge in [0.25, 0.3) is 5.91 Å². The number of aryl methyl sites for hydroxylation is 1. The number of esters is 1. The van der Waals surface area contributed by atoms with E-state index in [1.54, 1.807) is 6.20 Å². The number of fused-ring (bicyclic) bond motifs is 1. The standard InChI is InChI=1S/C34H41ClFN3O5/c1-34(2,33(39-15-7-8-16-39)44-23-13-11-21(12-14-23)32(42)43-4)30(40)18-22-17-26(35)28(19-27(22)36)37-31(41)25-20-38(3)29-10-6-5-9-24(25)29/h5-6,9-10,17,19-21,23,33H,7-8,11-16,18H2,1-4H3,(H,37,41)/t21-,23-,33?. The molecule has 8 nitrogen and oxygen atoms in total. The van der Waals surface area contributed by atoms with E-state index in [0.717, 1.165) is 36.8 Å². The van der Waals surface area contributed by atoms with Crippen LogP contribution >= 0.6 is 11.6 Å². The Morgan fingerprint density at radius 2 is 1.77 bits per heavy atom. The lowest BCUT2D eigenvalue weighted by Crippen LogP contribution is -2.52. The minimum Gasteiger partial charge on any atom is -0.469 e. The molecule has 1 amide bonds. The van der Waals surface area contributed by atoms with Gasteiger partial charge in [0.2, 0.25) is 0 Å². The monoisotopic (exact) mass is 625 g/mol. The first-order chi connectivity index (χ1) is 21.0. The molecule has 1 aliphatic heterocycles. The number of ketones is 1. The summed E-state index contributed by atoms with van der Waals surface area (Å²) < 4.78 is 28.9. The van der Waals surface area contributed by atoms with Crippen molar-refractivity contribution in [1.82, 2.24) is 9.47 Å². The van der Waals surface area contributed by atoms with Crippen molar-refractivity contribution in [1.29, 1.82) is 0 Å². The van der Waals surface area contributed by atoms with E-state index in [9.17, 15) is 14.4 Å². The zero-order valence-corrected chi connectivity index (χ0v) is 26.6. The molecule has 3 aromatic rings. The number of benzene rings is 2. The summed E-state index contributed by atoms with van der Waals surface area (Å²) in [6, 6.07) is 10.1. The lowest BCUT2D eigenvalue weighted by Gasteiger charge is -2.42. The number of aromatic nitrogens is 1. The number of para-hydroxylation sites is 1. The van der Waals surface area contributed by atoms with Crippen molar-refractivity contribution in [3.05, 3.63) is 64.6 Å². The van der Waals surface area contributed by atoms with E-state index >= 15 is 4.39 Å². The predicted octanol–water partition coefficient (Wildman–Crippen LogP) is 6.53. The average Bonchev–Trinajstić information content (AvgIpc) is 3.66. The van der Waals surface area contributed by atoms with Gasteiger partial charge in [0, 0.05) is 43.7 Å². The van der Waals surface area contributed by atoms with Crippen LogP contribution in [0.1, 0.15) is 68.3 Å². The minimum atomic E-state index is -0.941. The molecule has 2 fully saturated rings. The highest BCUT2D eigenvalue weighted by Crippen LogP contribution is 2.37. The van der Waals surface area contributed by atoms with Crippen molar-refractivity contribution in [2.75, 3.05) is 25.5 Å². The second-order valence-electron chi connectivity index (χ2n) is 12.6. The Morgan fingerprint density at radius 1 is 1.09 bits per heavy atom. The molecule has 1 unspecified atom stereocenters. The number of nitrogens with one attached hydrogen (secondary N) is 1. The number of halogens is 2. The minimum absolute atomic E-state index is 0.0793. The van der Waals surface area contributed by atoms with E-state index in [2.05, 4.69) is 10.2 Å². The number of Topliss-reactive ketones (excluding diaryl/α,β-unsaturated/α-hetero) is 1. The third-order valence-corrected chi connectivity index (χ3v) is 9.53. The van der Waals surface area contributed by atoms with Crippen LogP contribution in [0.2, 0.25) is 5.02 Å². The lowest BCUT2D eigenvalue weighted by molar-refractivity contribution is -0.172. The summed E-state index contributed by atoms with van der Waals surface area (Å²) in [5.41, 5.74) is 0.709. The van der Waals surface area contributed by atoms with Crippen LogP contribution < -0.4 is 5.32 Å². The van der Waals surface area contributed by atoms with Gasteiger partial charge in [-0.2, -0.15) is 0 Å². The maximum absolute atomic E-state index is 15.4. The number of likely N-dealkylation sites (tertiary alicyclic amines) is 1. The molecular weight excluding hydrogens is 585 g/mol. The van der Waals surface area contributed by atoms with Gasteiger partial charge in [-0.1, -0.05) is 29.8 Å². The molecule has 1 saturated carbocycles. The van der Waals surface area contributed by atoms with Crippen LogP contribution in [-0.4, -0.2) is 59.7 Å². The molecule has 1 aromatic heterocycles. The van der Waals surface area contributed by atoms with Gasteiger partial charge < -0.3 is 19.4 Å². The third-order valence-electron chi connectivity index (χ3n) is 9.22. The quantitative estimate of drug-likeness (QED) is 0.258. The van der Waals surface area contributed by atoms with E-state index in [4.69, 9.17) is 21.1 Å². The van der Waals surface area contributed by atoms with E-state index in [-0.39, 0.29) is 46.5 Å². The van der Waals surface area contributed by atoms with E-state index in [1.807, 2.05) is 49.7 Å². The molecule has 44 heavy (non-hydrogen) atoms. The van der Waals surface area contributed by atoms with Crippen LogP contribution in [0.3, 0.4) is 0 Å². The Bertz CT molecular complexity index is 1540. The summed E-state index contributed by atoms with van der Waals surface area (Å²) >= 11 is 6.53. The first kappa shape index (κ1) is 32.1. The number of methoxy groups -OCH3 is 1. The van der Waals surface area contributed by atoms with Crippen molar-refractivity contribution in [2.45, 2.75) is 71.1 Å². The number of amides is 1. The van der Waals surface area contributed by atoms with Gasteiger partial charge in [0.1, 0.15) is 17.8 Å². The molecule has 10 heteroatoms. The summed E-state index contributed by atoms with van der Waals surface area (Å²) in [6.07, 6.45) is 5.85. The average molecular weight is 626 g/mol. The van der Waals surface area contributed by atoms with Crippen LogP contribution in [0.4, 0.5) is 10.1 Å². The SMILES string of the molecule is COC(=O)[C@H]1CC[C@H](OC(N2CCCC2)C(C)(C)C(=O)Cc2cc(Cl)c(NC(=O)c3cn(C)c4ccccc34)cc2F)CC1. The Balaban J connectivity index is 1.29. The largest absolute Gasteiger partial charge is 0.469 e. The third kappa shape index (κ3) is 6.70. The van der Waals surface area contributed by atoms with Gasteiger partial charge in [0.15, 0.2) is 0 Å². The molecule has 236 valence electrons. The highest BCUT2D eigenvalue weighted by atomic mass is 35.5. The molecule has 2 heterocycles.